The van der Waals surface area contributed by atoms with Crippen molar-refractivity contribution in [3.05, 3.63) is 29.3 Å². The summed E-state index contributed by atoms with van der Waals surface area (Å²) in [5.74, 6) is 0. The second-order valence-electron chi connectivity index (χ2n) is 4.99. The molecule has 0 saturated heterocycles. The standard InChI is InChI=1S/C14H23NO/c1-6-14(3,4)15(5)13-8-7-12(10-16)11(2)9-13/h7-9,16H,6,10H2,1-5H3. The van der Waals surface area contributed by atoms with Gasteiger partial charge in [-0.25, -0.2) is 0 Å². The van der Waals surface area contributed by atoms with Gasteiger partial charge in [-0.15, -0.1) is 0 Å². The van der Waals surface area contributed by atoms with E-state index < -0.39 is 0 Å². The Bertz CT molecular complexity index is 358. The molecule has 1 aromatic rings. The number of aliphatic hydroxyl groups is 1. The highest BCUT2D eigenvalue weighted by Crippen LogP contribution is 2.26. The van der Waals surface area contributed by atoms with Gasteiger partial charge >= 0.3 is 0 Å². The summed E-state index contributed by atoms with van der Waals surface area (Å²) >= 11 is 0. The van der Waals surface area contributed by atoms with Gasteiger partial charge in [-0.2, -0.15) is 0 Å². The molecule has 1 N–H and O–H groups in total. The summed E-state index contributed by atoms with van der Waals surface area (Å²) in [5, 5.41) is 9.14. The van der Waals surface area contributed by atoms with Crippen LogP contribution in [0.4, 0.5) is 5.69 Å². The topological polar surface area (TPSA) is 23.5 Å². The molecule has 0 saturated carbocycles. The average Bonchev–Trinajstić information content (AvgIpc) is 2.27. The van der Waals surface area contributed by atoms with E-state index in [4.69, 9.17) is 5.11 Å². The quantitative estimate of drug-likeness (QED) is 0.844. The molecule has 0 aliphatic heterocycles. The molecule has 0 radical (unpaired) electrons. The fourth-order valence-corrected chi connectivity index (χ4v) is 1.65. The predicted molar refractivity (Wildman–Crippen MR) is 69.9 cm³/mol. The molecule has 16 heavy (non-hydrogen) atoms. The lowest BCUT2D eigenvalue weighted by molar-refractivity contribution is 0.281. The molecule has 1 rings (SSSR count). The van der Waals surface area contributed by atoms with Crippen LogP contribution in [0.2, 0.25) is 0 Å². The first-order valence-electron chi connectivity index (χ1n) is 5.86. The zero-order valence-corrected chi connectivity index (χ0v) is 11.0. The van der Waals surface area contributed by atoms with Crippen molar-refractivity contribution in [2.45, 2.75) is 46.3 Å². The number of hydrogen-bond acceptors (Lipinski definition) is 2. The van der Waals surface area contributed by atoms with Crippen LogP contribution in [0, 0.1) is 6.92 Å². The van der Waals surface area contributed by atoms with Crippen LogP contribution in [-0.2, 0) is 6.61 Å². The molecule has 0 atom stereocenters. The molecule has 1 aromatic carbocycles. The van der Waals surface area contributed by atoms with E-state index in [1.54, 1.807) is 0 Å². The first kappa shape index (κ1) is 13.0. The molecule has 2 nitrogen and oxygen atoms in total. The van der Waals surface area contributed by atoms with E-state index in [-0.39, 0.29) is 12.1 Å². The van der Waals surface area contributed by atoms with Crippen LogP contribution in [0.5, 0.6) is 0 Å². The number of aliphatic hydroxyl groups excluding tert-OH is 1. The van der Waals surface area contributed by atoms with Crippen molar-refractivity contribution < 1.29 is 5.11 Å². The Labute approximate surface area is 98.9 Å². The van der Waals surface area contributed by atoms with Gasteiger partial charge in [0, 0.05) is 18.3 Å². The lowest BCUT2D eigenvalue weighted by Crippen LogP contribution is -2.40. The van der Waals surface area contributed by atoms with Crippen molar-refractivity contribution in [1.29, 1.82) is 0 Å². The molecule has 0 aliphatic carbocycles. The molecule has 0 amide bonds. The first-order valence-corrected chi connectivity index (χ1v) is 5.86. The largest absolute Gasteiger partial charge is 0.392 e. The van der Waals surface area contributed by atoms with Crippen LogP contribution < -0.4 is 4.90 Å². The fraction of sp³-hybridized carbons (Fsp3) is 0.571. The second-order valence-corrected chi connectivity index (χ2v) is 4.99. The van der Waals surface area contributed by atoms with E-state index in [0.717, 1.165) is 17.5 Å². The Kier molecular flexibility index (Phi) is 3.98. The van der Waals surface area contributed by atoms with Gasteiger partial charge in [-0.1, -0.05) is 13.0 Å². The van der Waals surface area contributed by atoms with E-state index >= 15 is 0 Å². The van der Waals surface area contributed by atoms with E-state index in [1.807, 2.05) is 13.0 Å². The Morgan fingerprint density at radius 3 is 2.38 bits per heavy atom. The van der Waals surface area contributed by atoms with Crippen LogP contribution in [0.15, 0.2) is 18.2 Å². The molecule has 0 bridgehead atoms. The Hall–Kier alpha value is -1.02. The summed E-state index contributed by atoms with van der Waals surface area (Å²) < 4.78 is 0. The zero-order valence-electron chi connectivity index (χ0n) is 11.0. The van der Waals surface area contributed by atoms with Crippen molar-refractivity contribution in [3.63, 3.8) is 0 Å². The lowest BCUT2D eigenvalue weighted by Gasteiger charge is -2.37. The van der Waals surface area contributed by atoms with Crippen molar-refractivity contribution in [2.75, 3.05) is 11.9 Å². The molecule has 0 fully saturated rings. The van der Waals surface area contributed by atoms with E-state index in [9.17, 15) is 0 Å². The summed E-state index contributed by atoms with van der Waals surface area (Å²) in [6.45, 7) is 8.84. The van der Waals surface area contributed by atoms with Gasteiger partial charge in [0.15, 0.2) is 0 Å². The Morgan fingerprint density at radius 1 is 1.31 bits per heavy atom. The molecule has 90 valence electrons. The maximum atomic E-state index is 9.14. The second kappa shape index (κ2) is 4.88. The van der Waals surface area contributed by atoms with Crippen LogP contribution in [0.1, 0.15) is 38.3 Å². The highest BCUT2D eigenvalue weighted by Gasteiger charge is 2.21. The van der Waals surface area contributed by atoms with E-state index in [1.165, 1.54) is 5.69 Å². The first-order chi connectivity index (χ1) is 7.42. The maximum Gasteiger partial charge on any atom is 0.0684 e. The zero-order chi connectivity index (χ0) is 12.3. The van der Waals surface area contributed by atoms with Crippen LogP contribution in [0.3, 0.4) is 0 Å². The van der Waals surface area contributed by atoms with E-state index in [0.29, 0.717) is 0 Å². The number of anilines is 1. The van der Waals surface area contributed by atoms with Crippen molar-refractivity contribution in [3.8, 4) is 0 Å². The number of rotatable bonds is 4. The third-order valence-electron chi connectivity index (χ3n) is 3.66. The van der Waals surface area contributed by atoms with Gasteiger partial charge in [0.25, 0.3) is 0 Å². The molecule has 0 heterocycles. The summed E-state index contributed by atoms with van der Waals surface area (Å²) in [6, 6.07) is 6.23. The van der Waals surface area contributed by atoms with E-state index in [2.05, 4.69) is 44.9 Å². The minimum absolute atomic E-state index is 0.118. The molecule has 0 aromatic heterocycles. The normalized spacial score (nSPS) is 11.6. The smallest absolute Gasteiger partial charge is 0.0684 e. The minimum Gasteiger partial charge on any atom is -0.392 e. The fourth-order valence-electron chi connectivity index (χ4n) is 1.65. The van der Waals surface area contributed by atoms with Gasteiger partial charge in [-0.05, 0) is 50.5 Å². The van der Waals surface area contributed by atoms with Gasteiger partial charge in [0.2, 0.25) is 0 Å². The van der Waals surface area contributed by atoms with Crippen LogP contribution in [0.25, 0.3) is 0 Å². The van der Waals surface area contributed by atoms with Crippen LogP contribution >= 0.6 is 0 Å². The minimum atomic E-state index is 0.118. The monoisotopic (exact) mass is 221 g/mol. The molecule has 2 heteroatoms. The number of benzene rings is 1. The maximum absolute atomic E-state index is 9.14. The van der Waals surface area contributed by atoms with Gasteiger partial charge in [-0.3, -0.25) is 0 Å². The van der Waals surface area contributed by atoms with Crippen molar-refractivity contribution >= 4 is 5.69 Å². The Balaban J connectivity index is 3.02. The van der Waals surface area contributed by atoms with Gasteiger partial charge < -0.3 is 10.0 Å². The summed E-state index contributed by atoms with van der Waals surface area (Å²) in [4.78, 5) is 2.29. The van der Waals surface area contributed by atoms with Crippen LogP contribution in [-0.4, -0.2) is 17.7 Å². The summed E-state index contributed by atoms with van der Waals surface area (Å²) in [7, 11) is 2.12. The molecule has 0 unspecified atom stereocenters. The van der Waals surface area contributed by atoms with Crippen molar-refractivity contribution in [2.24, 2.45) is 0 Å². The number of aryl methyl sites for hydroxylation is 1. The highest BCUT2D eigenvalue weighted by atomic mass is 16.3. The Morgan fingerprint density at radius 2 is 1.94 bits per heavy atom. The van der Waals surface area contributed by atoms with Gasteiger partial charge in [0.05, 0.1) is 6.61 Å². The molecular weight excluding hydrogens is 198 g/mol. The molecule has 0 spiro atoms. The number of nitrogens with zero attached hydrogens (tertiary/aromatic N) is 1. The average molecular weight is 221 g/mol. The summed E-state index contributed by atoms with van der Waals surface area (Å²) in [5.41, 5.74) is 3.53. The number of hydrogen-bond donors (Lipinski definition) is 1. The third kappa shape index (κ3) is 2.56. The summed E-state index contributed by atoms with van der Waals surface area (Å²) in [6.07, 6.45) is 1.10. The SMILES string of the molecule is CCC(C)(C)N(C)c1ccc(CO)c(C)c1. The molecule has 0 aliphatic rings. The van der Waals surface area contributed by atoms with Crippen molar-refractivity contribution in [1.82, 2.24) is 0 Å². The van der Waals surface area contributed by atoms with Gasteiger partial charge in [0.1, 0.15) is 0 Å². The third-order valence-corrected chi connectivity index (χ3v) is 3.66. The molecular formula is C14H23NO. The highest BCUT2D eigenvalue weighted by molar-refractivity contribution is 5.51. The predicted octanol–water partition coefficient (Wildman–Crippen LogP) is 3.11. The lowest BCUT2D eigenvalue weighted by atomic mass is 9.98.